The van der Waals surface area contributed by atoms with E-state index in [0.717, 1.165) is 17.1 Å². The lowest BCUT2D eigenvalue weighted by Crippen LogP contribution is -2.27. The zero-order chi connectivity index (χ0) is 15.2. The van der Waals surface area contributed by atoms with E-state index < -0.39 is 0 Å². The lowest BCUT2D eigenvalue weighted by Gasteiger charge is -2.17. The fourth-order valence-electron chi connectivity index (χ4n) is 1.73. The van der Waals surface area contributed by atoms with Gasteiger partial charge in [0.15, 0.2) is 0 Å². The maximum Gasteiger partial charge on any atom is 0.251 e. The second-order valence-corrected chi connectivity index (χ2v) is 7.55. The van der Waals surface area contributed by atoms with Gasteiger partial charge in [-0.05, 0) is 37.6 Å². The molecule has 4 heteroatoms. The van der Waals surface area contributed by atoms with Crippen LogP contribution >= 0.6 is 11.8 Å². The Morgan fingerprint density at radius 1 is 1.35 bits per heavy atom. The molecule has 0 unspecified atom stereocenters. The zero-order valence-electron chi connectivity index (χ0n) is 13.1. The molecule has 0 aromatic heterocycles. The molecule has 0 aliphatic rings. The molecule has 0 saturated carbocycles. The fraction of sp³-hybridized carbons (Fsp3) is 0.562. The smallest absolute Gasteiger partial charge is 0.251 e. The van der Waals surface area contributed by atoms with Gasteiger partial charge in [0.2, 0.25) is 0 Å². The van der Waals surface area contributed by atoms with Crippen molar-refractivity contribution < 1.29 is 9.53 Å². The lowest BCUT2D eigenvalue weighted by molar-refractivity contribution is 0.0956. The largest absolute Gasteiger partial charge is 0.494 e. The number of nitrogens with one attached hydrogen (secondary N) is 1. The van der Waals surface area contributed by atoms with Gasteiger partial charge in [0.05, 0.1) is 6.61 Å². The molecule has 3 nitrogen and oxygen atoms in total. The van der Waals surface area contributed by atoms with Crippen LogP contribution in [0.3, 0.4) is 0 Å². The Balaban J connectivity index is 2.49. The van der Waals surface area contributed by atoms with Crippen molar-refractivity contribution in [3.05, 3.63) is 29.3 Å². The van der Waals surface area contributed by atoms with Gasteiger partial charge in [-0.15, -0.1) is 0 Å². The third-order valence-corrected chi connectivity index (χ3v) is 3.93. The van der Waals surface area contributed by atoms with E-state index in [2.05, 4.69) is 26.1 Å². The van der Waals surface area contributed by atoms with Crippen LogP contribution in [0.1, 0.15) is 43.6 Å². The van der Waals surface area contributed by atoms with Crippen LogP contribution < -0.4 is 10.1 Å². The van der Waals surface area contributed by atoms with Crippen molar-refractivity contribution in [3.63, 3.8) is 0 Å². The molecular formula is C16H25NO2S. The van der Waals surface area contributed by atoms with Crippen molar-refractivity contribution in [1.29, 1.82) is 0 Å². The molecule has 0 aliphatic carbocycles. The highest BCUT2D eigenvalue weighted by molar-refractivity contribution is 8.00. The first-order chi connectivity index (χ1) is 9.33. The molecule has 1 amide bonds. The summed E-state index contributed by atoms with van der Waals surface area (Å²) >= 11 is 1.85. The normalized spacial score (nSPS) is 11.2. The van der Waals surface area contributed by atoms with Gasteiger partial charge in [0.1, 0.15) is 5.75 Å². The standard InChI is InChI=1S/C16H25NO2S/c1-6-19-14-8-7-13(11-12(14)2)15(18)17-9-10-20-16(3,4)5/h7-8,11H,6,9-10H2,1-5H3,(H,17,18). The maximum atomic E-state index is 12.0. The van der Waals surface area contributed by atoms with E-state index in [0.29, 0.717) is 18.7 Å². The Kier molecular flexibility index (Phi) is 6.40. The Bertz CT molecular complexity index is 452. The quantitative estimate of drug-likeness (QED) is 0.814. The molecule has 0 aliphatic heterocycles. The van der Waals surface area contributed by atoms with E-state index in [-0.39, 0.29) is 10.7 Å². The number of ether oxygens (including phenoxy) is 1. The minimum absolute atomic E-state index is 0.0225. The van der Waals surface area contributed by atoms with Crippen LogP contribution in [0, 0.1) is 6.92 Å². The van der Waals surface area contributed by atoms with E-state index in [1.807, 2.05) is 43.8 Å². The average molecular weight is 295 g/mol. The molecule has 20 heavy (non-hydrogen) atoms. The van der Waals surface area contributed by atoms with Crippen molar-refractivity contribution in [2.75, 3.05) is 18.9 Å². The number of carbonyl (C=O) groups excluding carboxylic acids is 1. The summed E-state index contributed by atoms with van der Waals surface area (Å²) in [5, 5.41) is 2.95. The third kappa shape index (κ3) is 5.87. The molecular weight excluding hydrogens is 270 g/mol. The fourth-order valence-corrected chi connectivity index (χ4v) is 2.55. The van der Waals surface area contributed by atoms with E-state index in [1.54, 1.807) is 0 Å². The van der Waals surface area contributed by atoms with Crippen molar-refractivity contribution in [3.8, 4) is 5.75 Å². The number of thioether (sulfide) groups is 1. The molecule has 112 valence electrons. The van der Waals surface area contributed by atoms with Crippen LogP contribution in [0.2, 0.25) is 0 Å². The second-order valence-electron chi connectivity index (χ2n) is 5.63. The van der Waals surface area contributed by atoms with Crippen LogP contribution in [-0.4, -0.2) is 29.6 Å². The van der Waals surface area contributed by atoms with E-state index in [9.17, 15) is 4.79 Å². The van der Waals surface area contributed by atoms with Gasteiger partial charge in [-0.2, -0.15) is 11.8 Å². The van der Waals surface area contributed by atoms with E-state index in [1.165, 1.54) is 0 Å². The minimum atomic E-state index is -0.0225. The molecule has 0 spiro atoms. The van der Waals surface area contributed by atoms with Crippen molar-refractivity contribution >= 4 is 17.7 Å². The SMILES string of the molecule is CCOc1ccc(C(=O)NCCSC(C)(C)C)cc1C. The van der Waals surface area contributed by atoms with Crippen molar-refractivity contribution in [2.24, 2.45) is 0 Å². The third-order valence-electron chi connectivity index (χ3n) is 2.66. The van der Waals surface area contributed by atoms with Gasteiger partial charge in [-0.3, -0.25) is 4.79 Å². The van der Waals surface area contributed by atoms with Crippen molar-refractivity contribution in [2.45, 2.75) is 39.4 Å². The molecule has 1 rings (SSSR count). The second kappa shape index (κ2) is 7.58. The highest BCUT2D eigenvalue weighted by Gasteiger charge is 2.11. The summed E-state index contributed by atoms with van der Waals surface area (Å²) in [6, 6.07) is 5.54. The van der Waals surface area contributed by atoms with Gasteiger partial charge in [-0.25, -0.2) is 0 Å². The molecule has 1 aromatic carbocycles. The summed E-state index contributed by atoms with van der Waals surface area (Å²) < 4.78 is 5.71. The number of hydrogen-bond acceptors (Lipinski definition) is 3. The number of hydrogen-bond donors (Lipinski definition) is 1. The summed E-state index contributed by atoms with van der Waals surface area (Å²) in [7, 11) is 0. The summed E-state index contributed by atoms with van der Waals surface area (Å²) in [6.07, 6.45) is 0. The molecule has 0 atom stereocenters. The summed E-state index contributed by atoms with van der Waals surface area (Å²) in [5.74, 6) is 1.74. The topological polar surface area (TPSA) is 38.3 Å². The number of benzene rings is 1. The molecule has 0 bridgehead atoms. The summed E-state index contributed by atoms with van der Waals surface area (Å²) in [4.78, 5) is 12.0. The molecule has 1 aromatic rings. The van der Waals surface area contributed by atoms with Crippen LogP contribution in [0.25, 0.3) is 0 Å². The van der Waals surface area contributed by atoms with Gasteiger partial charge in [0.25, 0.3) is 5.91 Å². The number of amides is 1. The molecule has 0 saturated heterocycles. The van der Waals surface area contributed by atoms with Crippen LogP contribution in [0.15, 0.2) is 18.2 Å². The Morgan fingerprint density at radius 3 is 2.60 bits per heavy atom. The lowest BCUT2D eigenvalue weighted by atomic mass is 10.1. The summed E-state index contributed by atoms with van der Waals surface area (Å²) in [6.45, 7) is 11.8. The Morgan fingerprint density at radius 2 is 2.05 bits per heavy atom. The average Bonchev–Trinajstić information content (AvgIpc) is 2.36. The zero-order valence-corrected chi connectivity index (χ0v) is 13.9. The van der Waals surface area contributed by atoms with Crippen molar-refractivity contribution in [1.82, 2.24) is 5.32 Å². The Hall–Kier alpha value is -1.16. The molecule has 1 N–H and O–H groups in total. The predicted octanol–water partition coefficient (Wildman–Crippen LogP) is 3.66. The first kappa shape index (κ1) is 16.9. The van der Waals surface area contributed by atoms with Gasteiger partial charge in [-0.1, -0.05) is 20.8 Å². The summed E-state index contributed by atoms with van der Waals surface area (Å²) in [5.41, 5.74) is 1.68. The Labute approximate surface area is 126 Å². The highest BCUT2D eigenvalue weighted by atomic mass is 32.2. The van der Waals surface area contributed by atoms with Gasteiger partial charge < -0.3 is 10.1 Å². The minimum Gasteiger partial charge on any atom is -0.494 e. The number of aryl methyl sites for hydroxylation is 1. The first-order valence-corrected chi connectivity index (χ1v) is 7.97. The van der Waals surface area contributed by atoms with Crippen LogP contribution in [0.4, 0.5) is 0 Å². The van der Waals surface area contributed by atoms with Gasteiger partial charge >= 0.3 is 0 Å². The van der Waals surface area contributed by atoms with E-state index >= 15 is 0 Å². The number of rotatable bonds is 6. The molecule has 0 heterocycles. The molecule has 0 radical (unpaired) electrons. The maximum absolute atomic E-state index is 12.0. The predicted molar refractivity (Wildman–Crippen MR) is 86.9 cm³/mol. The van der Waals surface area contributed by atoms with Crippen LogP contribution in [0.5, 0.6) is 5.75 Å². The molecule has 0 fully saturated rings. The first-order valence-electron chi connectivity index (χ1n) is 6.99. The number of carbonyl (C=O) groups is 1. The van der Waals surface area contributed by atoms with Gasteiger partial charge in [0, 0.05) is 22.6 Å². The highest BCUT2D eigenvalue weighted by Crippen LogP contribution is 2.22. The monoisotopic (exact) mass is 295 g/mol. The van der Waals surface area contributed by atoms with Crippen LogP contribution in [-0.2, 0) is 0 Å². The van der Waals surface area contributed by atoms with E-state index in [4.69, 9.17) is 4.74 Å².